The molecule has 4 heteroatoms. The fourth-order valence-electron chi connectivity index (χ4n) is 0.688. The summed E-state index contributed by atoms with van der Waals surface area (Å²) >= 11 is 1.14. The quantitative estimate of drug-likeness (QED) is 0.663. The number of ether oxygens (including phenoxy) is 1. The maximum atomic E-state index is 10.6. The Morgan fingerprint density at radius 1 is 1.73 bits per heavy atom. The summed E-state index contributed by atoms with van der Waals surface area (Å²) in [5.41, 5.74) is 5.66. The van der Waals surface area contributed by atoms with Crippen LogP contribution in [0.3, 0.4) is 0 Å². The van der Waals surface area contributed by atoms with Gasteiger partial charge in [0.15, 0.2) is 0 Å². The number of rotatable bonds is 4. The summed E-state index contributed by atoms with van der Waals surface area (Å²) in [6, 6.07) is 0.115. The number of methoxy groups -OCH3 is 1. The van der Waals surface area contributed by atoms with Gasteiger partial charge in [-0.3, -0.25) is 0 Å². The van der Waals surface area contributed by atoms with Gasteiger partial charge >= 0.3 is 5.30 Å². The minimum absolute atomic E-state index is 0.115. The zero-order valence-electron chi connectivity index (χ0n) is 7.00. The molecule has 0 heterocycles. The lowest BCUT2D eigenvalue weighted by atomic mass is 10.2. The Bertz CT molecular complexity index is 119. The van der Waals surface area contributed by atoms with E-state index in [1.807, 2.05) is 0 Å². The van der Waals surface area contributed by atoms with Crippen LogP contribution >= 0.6 is 11.8 Å². The first-order chi connectivity index (χ1) is 5.20. The van der Waals surface area contributed by atoms with E-state index in [0.717, 1.165) is 24.6 Å². The minimum atomic E-state index is -0.253. The van der Waals surface area contributed by atoms with Crippen molar-refractivity contribution in [2.75, 3.05) is 12.9 Å². The first kappa shape index (κ1) is 10.8. The summed E-state index contributed by atoms with van der Waals surface area (Å²) in [4.78, 5) is 10.6. The molecule has 2 N–H and O–H groups in total. The highest BCUT2D eigenvalue weighted by atomic mass is 32.2. The third kappa shape index (κ3) is 6.19. The van der Waals surface area contributed by atoms with Gasteiger partial charge in [0.05, 0.1) is 7.11 Å². The maximum absolute atomic E-state index is 10.6. The Kier molecular flexibility index (Phi) is 6.36. The fraction of sp³-hybridized carbons (Fsp3) is 0.857. The van der Waals surface area contributed by atoms with E-state index in [0.29, 0.717) is 5.75 Å². The topological polar surface area (TPSA) is 52.3 Å². The van der Waals surface area contributed by atoms with E-state index in [1.54, 1.807) is 0 Å². The van der Waals surface area contributed by atoms with Crippen LogP contribution in [-0.2, 0) is 4.74 Å². The van der Waals surface area contributed by atoms with Crippen molar-refractivity contribution in [2.24, 2.45) is 5.73 Å². The smallest absolute Gasteiger partial charge is 0.367 e. The lowest BCUT2D eigenvalue weighted by Crippen LogP contribution is -2.23. The normalized spacial score (nSPS) is 12.6. The van der Waals surface area contributed by atoms with Gasteiger partial charge in [-0.2, -0.15) is 0 Å². The van der Waals surface area contributed by atoms with Crippen LogP contribution in [-0.4, -0.2) is 24.2 Å². The van der Waals surface area contributed by atoms with Crippen LogP contribution in [0.1, 0.15) is 19.8 Å². The average Bonchev–Trinajstić information content (AvgIpc) is 2.01. The maximum Gasteiger partial charge on any atom is 0.367 e. The summed E-state index contributed by atoms with van der Waals surface area (Å²) in [7, 11) is 1.38. The van der Waals surface area contributed by atoms with Gasteiger partial charge in [-0.25, -0.2) is 4.79 Å². The number of hydrogen-bond donors (Lipinski definition) is 1. The van der Waals surface area contributed by atoms with E-state index >= 15 is 0 Å². The van der Waals surface area contributed by atoms with Crippen molar-refractivity contribution in [2.45, 2.75) is 25.8 Å². The van der Waals surface area contributed by atoms with E-state index in [-0.39, 0.29) is 11.3 Å². The summed E-state index contributed by atoms with van der Waals surface area (Å²) in [5, 5.41) is -0.253. The third-order valence-corrected chi connectivity index (χ3v) is 2.24. The number of thioether (sulfide) groups is 1. The zero-order valence-corrected chi connectivity index (χ0v) is 7.82. The Morgan fingerprint density at radius 2 is 2.36 bits per heavy atom. The summed E-state index contributed by atoms with van der Waals surface area (Å²) < 4.78 is 4.45. The van der Waals surface area contributed by atoms with Gasteiger partial charge in [-0.1, -0.05) is 13.3 Å². The molecular weight excluding hydrogens is 162 g/mol. The highest BCUT2D eigenvalue weighted by Gasteiger charge is 2.05. The molecule has 66 valence electrons. The van der Waals surface area contributed by atoms with Gasteiger partial charge in [-0.15, -0.1) is 0 Å². The molecule has 0 saturated carbocycles. The van der Waals surface area contributed by atoms with E-state index < -0.39 is 0 Å². The number of carbonyl (C=O) groups is 1. The van der Waals surface area contributed by atoms with E-state index in [2.05, 4.69) is 11.7 Å². The fourth-order valence-corrected chi connectivity index (χ4v) is 1.32. The van der Waals surface area contributed by atoms with E-state index in [4.69, 9.17) is 5.73 Å². The molecule has 3 nitrogen and oxygen atoms in total. The number of hydrogen-bond acceptors (Lipinski definition) is 4. The molecule has 0 radical (unpaired) electrons. The van der Waals surface area contributed by atoms with Crippen LogP contribution in [0.5, 0.6) is 0 Å². The van der Waals surface area contributed by atoms with Gasteiger partial charge in [0.1, 0.15) is 0 Å². The molecule has 0 aromatic rings. The molecule has 11 heavy (non-hydrogen) atoms. The van der Waals surface area contributed by atoms with Gasteiger partial charge in [-0.05, 0) is 18.2 Å². The molecule has 0 aliphatic carbocycles. The summed E-state index contributed by atoms with van der Waals surface area (Å²) in [5.74, 6) is 0.653. The second kappa shape index (κ2) is 6.49. The molecule has 1 atom stereocenters. The van der Waals surface area contributed by atoms with Gasteiger partial charge in [0, 0.05) is 11.8 Å². The van der Waals surface area contributed by atoms with Gasteiger partial charge in [0.2, 0.25) is 0 Å². The average molecular weight is 177 g/mol. The molecular formula is C7H15NO2S. The summed E-state index contributed by atoms with van der Waals surface area (Å²) in [6.45, 7) is 2.07. The lowest BCUT2D eigenvalue weighted by Gasteiger charge is -2.07. The molecule has 0 spiro atoms. The van der Waals surface area contributed by atoms with Crippen LogP contribution in [0.25, 0.3) is 0 Å². The molecule has 0 rings (SSSR count). The lowest BCUT2D eigenvalue weighted by molar-refractivity contribution is 0.200. The van der Waals surface area contributed by atoms with Crippen LogP contribution in [0.15, 0.2) is 0 Å². The molecule has 0 aliphatic rings. The van der Waals surface area contributed by atoms with Gasteiger partial charge < -0.3 is 10.5 Å². The minimum Gasteiger partial charge on any atom is -0.461 e. The second-order valence-corrected chi connectivity index (χ2v) is 3.27. The highest BCUT2D eigenvalue weighted by molar-refractivity contribution is 8.13. The number of carbonyl (C=O) groups excluding carboxylic acids is 1. The standard InChI is InChI=1S/C7H15NO2S/c1-3-4-6(8)5-11-7(9)10-2/h6H,3-5,8H2,1-2H3. The molecule has 0 amide bonds. The van der Waals surface area contributed by atoms with Crippen LogP contribution in [0.4, 0.5) is 4.79 Å². The van der Waals surface area contributed by atoms with E-state index in [9.17, 15) is 4.79 Å². The van der Waals surface area contributed by atoms with E-state index in [1.165, 1.54) is 7.11 Å². The Hall–Kier alpha value is -0.220. The second-order valence-electron chi connectivity index (χ2n) is 2.31. The molecule has 0 saturated heterocycles. The van der Waals surface area contributed by atoms with Crippen molar-refractivity contribution >= 4 is 17.1 Å². The van der Waals surface area contributed by atoms with Gasteiger partial charge in [0.25, 0.3) is 0 Å². The predicted molar refractivity (Wildman–Crippen MR) is 47.7 cm³/mol. The first-order valence-electron chi connectivity index (χ1n) is 3.67. The Morgan fingerprint density at radius 3 is 2.82 bits per heavy atom. The Balaban J connectivity index is 3.29. The predicted octanol–water partition coefficient (Wildman–Crippen LogP) is 1.61. The SMILES string of the molecule is CCCC(N)CSC(=O)OC. The molecule has 0 aliphatic heterocycles. The molecule has 0 bridgehead atoms. The van der Waals surface area contributed by atoms with Crippen molar-refractivity contribution in [1.82, 2.24) is 0 Å². The molecule has 0 fully saturated rings. The molecule has 0 aromatic carbocycles. The monoisotopic (exact) mass is 177 g/mol. The zero-order chi connectivity index (χ0) is 8.69. The van der Waals surface area contributed by atoms with Crippen molar-refractivity contribution in [3.63, 3.8) is 0 Å². The largest absolute Gasteiger partial charge is 0.461 e. The third-order valence-electron chi connectivity index (χ3n) is 1.24. The molecule has 0 aromatic heterocycles. The summed E-state index contributed by atoms with van der Waals surface area (Å²) in [6.07, 6.45) is 2.02. The Labute approximate surface area is 71.7 Å². The van der Waals surface area contributed by atoms with Crippen molar-refractivity contribution in [1.29, 1.82) is 0 Å². The van der Waals surface area contributed by atoms with Crippen LogP contribution in [0.2, 0.25) is 0 Å². The number of nitrogens with two attached hydrogens (primary N) is 1. The van der Waals surface area contributed by atoms with Crippen molar-refractivity contribution < 1.29 is 9.53 Å². The highest BCUT2D eigenvalue weighted by Crippen LogP contribution is 2.07. The van der Waals surface area contributed by atoms with Crippen molar-refractivity contribution in [3.05, 3.63) is 0 Å². The van der Waals surface area contributed by atoms with Crippen molar-refractivity contribution in [3.8, 4) is 0 Å². The molecule has 1 unspecified atom stereocenters. The first-order valence-corrected chi connectivity index (χ1v) is 4.65. The van der Waals surface area contributed by atoms with Crippen LogP contribution in [0, 0.1) is 0 Å². The van der Waals surface area contributed by atoms with Crippen LogP contribution < -0.4 is 5.73 Å².